The first kappa shape index (κ1) is 12.9. The molecule has 1 aliphatic heterocycles. The molecule has 1 saturated heterocycles. The summed E-state index contributed by atoms with van der Waals surface area (Å²) in [6.45, 7) is 8.04. The van der Waals surface area contributed by atoms with Gasteiger partial charge < -0.3 is 9.64 Å². The molecule has 5 aliphatic rings. The zero-order chi connectivity index (χ0) is 14.5. The van der Waals surface area contributed by atoms with Crippen LogP contribution in [0.3, 0.4) is 0 Å². The Morgan fingerprint density at radius 2 is 1.81 bits per heavy atom. The van der Waals surface area contributed by atoms with Crippen LogP contribution in [0.4, 0.5) is 0 Å². The van der Waals surface area contributed by atoms with Crippen molar-refractivity contribution in [2.45, 2.75) is 52.4 Å². The third-order valence-corrected chi connectivity index (χ3v) is 8.06. The van der Waals surface area contributed by atoms with Crippen LogP contribution in [0.5, 0.6) is 0 Å². The molecule has 5 rings (SSSR count). The minimum atomic E-state index is -0.0235. The number of ether oxygens (including phenoxy) is 1. The van der Waals surface area contributed by atoms with Gasteiger partial charge in [-0.1, -0.05) is 13.8 Å². The highest BCUT2D eigenvalue weighted by molar-refractivity contribution is 5.84. The Morgan fingerprint density at radius 3 is 2.57 bits per heavy atom. The maximum Gasteiger partial charge on any atom is 0.229 e. The topological polar surface area (TPSA) is 29.5 Å². The lowest BCUT2D eigenvalue weighted by Gasteiger charge is -2.57. The number of carbonyl (C=O) groups is 1. The number of nitrogens with zero attached hydrogens (tertiary/aromatic N) is 1. The molecule has 0 N–H and O–H groups in total. The molecular weight excluding hydrogens is 262 g/mol. The minimum absolute atomic E-state index is 0.0235. The summed E-state index contributed by atoms with van der Waals surface area (Å²) in [4.78, 5) is 15.5. The fourth-order valence-corrected chi connectivity index (χ4v) is 7.84. The maximum atomic E-state index is 13.4. The molecule has 3 bridgehead atoms. The first-order chi connectivity index (χ1) is 9.91. The Bertz CT molecular complexity index is 523. The van der Waals surface area contributed by atoms with Crippen molar-refractivity contribution in [3.63, 3.8) is 0 Å². The van der Waals surface area contributed by atoms with Crippen molar-refractivity contribution >= 4 is 5.91 Å². The lowest BCUT2D eigenvalue weighted by atomic mass is 9.47. The first-order valence-corrected chi connectivity index (χ1v) is 8.78. The molecule has 21 heavy (non-hydrogen) atoms. The van der Waals surface area contributed by atoms with Crippen molar-refractivity contribution in [3.8, 4) is 0 Å². The van der Waals surface area contributed by atoms with Crippen LogP contribution in [0.2, 0.25) is 0 Å². The second-order valence-corrected chi connectivity index (χ2v) is 9.52. The van der Waals surface area contributed by atoms with Gasteiger partial charge in [0.05, 0.1) is 18.6 Å². The van der Waals surface area contributed by atoms with E-state index in [9.17, 15) is 4.79 Å². The third-order valence-electron chi connectivity index (χ3n) is 8.06. The van der Waals surface area contributed by atoms with Gasteiger partial charge >= 0.3 is 0 Å². The summed E-state index contributed by atoms with van der Waals surface area (Å²) < 4.78 is 5.44. The number of amides is 1. The van der Waals surface area contributed by atoms with Crippen LogP contribution in [0.1, 0.15) is 52.4 Å². The summed E-state index contributed by atoms with van der Waals surface area (Å²) in [6.07, 6.45) is 7.71. The van der Waals surface area contributed by atoms with E-state index in [4.69, 9.17) is 4.74 Å². The Labute approximate surface area is 127 Å². The molecule has 3 nitrogen and oxygen atoms in total. The molecule has 3 heteroatoms. The number of rotatable bonds is 1. The van der Waals surface area contributed by atoms with Crippen LogP contribution in [-0.2, 0) is 9.53 Å². The Hall–Kier alpha value is -0.570. The van der Waals surface area contributed by atoms with E-state index in [1.807, 2.05) is 0 Å². The summed E-state index contributed by atoms with van der Waals surface area (Å²) in [7, 11) is 0. The summed E-state index contributed by atoms with van der Waals surface area (Å²) >= 11 is 0. The molecule has 116 valence electrons. The van der Waals surface area contributed by atoms with E-state index in [0.29, 0.717) is 22.2 Å². The summed E-state index contributed by atoms with van der Waals surface area (Å²) in [5.41, 5.74) is 1.42. The van der Waals surface area contributed by atoms with Gasteiger partial charge in [0.1, 0.15) is 0 Å². The minimum Gasteiger partial charge on any atom is -0.378 e. The molecule has 4 saturated carbocycles. The number of hydrogen-bond acceptors (Lipinski definition) is 2. The maximum absolute atomic E-state index is 13.4. The molecule has 5 fully saturated rings. The van der Waals surface area contributed by atoms with Crippen LogP contribution >= 0.6 is 0 Å². The van der Waals surface area contributed by atoms with Crippen LogP contribution in [0.25, 0.3) is 0 Å². The van der Waals surface area contributed by atoms with E-state index in [1.165, 1.54) is 32.1 Å². The molecular formula is C18H27NO2. The van der Waals surface area contributed by atoms with E-state index in [-0.39, 0.29) is 5.41 Å². The molecule has 0 radical (unpaired) electrons. The zero-order valence-electron chi connectivity index (χ0n) is 13.4. The third kappa shape index (κ3) is 1.34. The van der Waals surface area contributed by atoms with Crippen LogP contribution in [0.15, 0.2) is 0 Å². The predicted molar refractivity (Wildman–Crippen MR) is 79.7 cm³/mol. The number of hydrogen-bond donors (Lipinski definition) is 0. The van der Waals surface area contributed by atoms with Crippen molar-refractivity contribution in [1.29, 1.82) is 0 Å². The van der Waals surface area contributed by atoms with Gasteiger partial charge in [0.15, 0.2) is 0 Å². The molecule has 0 aromatic rings. The second kappa shape index (κ2) is 3.50. The fraction of sp³-hybridized carbons (Fsp3) is 0.944. The molecule has 5 unspecified atom stereocenters. The van der Waals surface area contributed by atoms with Gasteiger partial charge in [0, 0.05) is 13.1 Å². The van der Waals surface area contributed by atoms with E-state index in [0.717, 1.165) is 38.6 Å². The molecule has 4 aliphatic carbocycles. The van der Waals surface area contributed by atoms with Gasteiger partial charge in [-0.25, -0.2) is 0 Å². The summed E-state index contributed by atoms with van der Waals surface area (Å²) in [5.74, 6) is 1.40. The highest BCUT2D eigenvalue weighted by Crippen LogP contribution is 2.86. The van der Waals surface area contributed by atoms with Gasteiger partial charge in [-0.15, -0.1) is 0 Å². The molecule has 1 spiro atoms. The second-order valence-electron chi connectivity index (χ2n) is 9.52. The van der Waals surface area contributed by atoms with Gasteiger partial charge in [0.2, 0.25) is 5.91 Å². The van der Waals surface area contributed by atoms with Gasteiger partial charge in [-0.05, 0) is 60.7 Å². The van der Waals surface area contributed by atoms with Gasteiger partial charge in [-0.3, -0.25) is 4.79 Å². The Kier molecular flexibility index (Phi) is 2.15. The average Bonchev–Trinajstić information content (AvgIpc) is 2.71. The van der Waals surface area contributed by atoms with E-state index >= 15 is 0 Å². The number of carbonyl (C=O) groups excluding carboxylic acids is 1. The summed E-state index contributed by atoms with van der Waals surface area (Å²) in [5, 5.41) is 0. The Morgan fingerprint density at radius 1 is 1.05 bits per heavy atom. The van der Waals surface area contributed by atoms with Gasteiger partial charge in [0.25, 0.3) is 0 Å². The fourth-order valence-electron chi connectivity index (χ4n) is 7.84. The van der Waals surface area contributed by atoms with E-state index < -0.39 is 0 Å². The molecule has 1 heterocycles. The lowest BCUT2D eigenvalue weighted by molar-refractivity contribution is -0.150. The van der Waals surface area contributed by atoms with Crippen LogP contribution in [0, 0.1) is 27.6 Å². The molecule has 1 amide bonds. The SMILES string of the molecule is CC12CC3CC4(C)CC(C(=O)N5CCOCC5)(C1)CC34C2. The monoisotopic (exact) mass is 289 g/mol. The first-order valence-electron chi connectivity index (χ1n) is 8.78. The smallest absolute Gasteiger partial charge is 0.229 e. The molecule has 0 aromatic carbocycles. The number of morpholine rings is 1. The normalized spacial score (nSPS) is 57.2. The average molecular weight is 289 g/mol. The van der Waals surface area contributed by atoms with E-state index in [1.54, 1.807) is 0 Å². The lowest BCUT2D eigenvalue weighted by Crippen LogP contribution is -2.51. The van der Waals surface area contributed by atoms with Crippen molar-refractivity contribution < 1.29 is 9.53 Å². The van der Waals surface area contributed by atoms with Crippen molar-refractivity contribution in [1.82, 2.24) is 4.90 Å². The van der Waals surface area contributed by atoms with E-state index in [2.05, 4.69) is 18.7 Å². The predicted octanol–water partition coefficient (Wildman–Crippen LogP) is 2.84. The zero-order valence-corrected chi connectivity index (χ0v) is 13.4. The number of fused-ring (bicyclic) bond motifs is 2. The highest BCUT2D eigenvalue weighted by Gasteiger charge is 2.80. The standard InChI is InChI=1S/C18H27NO2/c1-15-7-13-8-16(2)11-17(9-15,12-18(13,16)10-15)14(20)19-3-5-21-6-4-19/h13H,3-12H2,1-2H3. The Balaban J connectivity index is 1.53. The quantitative estimate of drug-likeness (QED) is 0.743. The summed E-state index contributed by atoms with van der Waals surface area (Å²) in [6, 6.07) is 0. The van der Waals surface area contributed by atoms with Gasteiger partial charge in [-0.2, -0.15) is 0 Å². The largest absolute Gasteiger partial charge is 0.378 e. The van der Waals surface area contributed by atoms with Crippen molar-refractivity contribution in [2.75, 3.05) is 26.3 Å². The van der Waals surface area contributed by atoms with Crippen LogP contribution < -0.4 is 0 Å². The van der Waals surface area contributed by atoms with Crippen molar-refractivity contribution in [2.24, 2.45) is 27.6 Å². The molecule has 5 atom stereocenters. The van der Waals surface area contributed by atoms with Crippen LogP contribution in [-0.4, -0.2) is 37.1 Å². The molecule has 0 aromatic heterocycles. The highest BCUT2D eigenvalue weighted by atomic mass is 16.5. The van der Waals surface area contributed by atoms with Crippen molar-refractivity contribution in [3.05, 3.63) is 0 Å².